The number of hydrogen-bond donors (Lipinski definition) is 1. The molecule has 5 nitrogen and oxygen atoms in total. The van der Waals surface area contributed by atoms with E-state index in [4.69, 9.17) is 4.52 Å². The van der Waals surface area contributed by atoms with Gasteiger partial charge in [-0.15, -0.1) is 0 Å². The summed E-state index contributed by atoms with van der Waals surface area (Å²) in [6, 6.07) is 6.12. The van der Waals surface area contributed by atoms with Crippen LogP contribution in [0.1, 0.15) is 35.8 Å². The van der Waals surface area contributed by atoms with Crippen molar-refractivity contribution in [3.63, 3.8) is 0 Å². The van der Waals surface area contributed by atoms with Crippen LogP contribution in [-0.2, 0) is 13.1 Å². The molecule has 0 aromatic carbocycles. The van der Waals surface area contributed by atoms with E-state index >= 15 is 0 Å². The number of nitrogens with one attached hydrogen (secondary N) is 1. The topological polar surface area (TPSA) is 54.2 Å². The fraction of sp³-hybridized carbons (Fsp3) is 0.467. The Morgan fingerprint density at radius 2 is 2.20 bits per heavy atom. The highest BCUT2D eigenvalue weighted by molar-refractivity contribution is 5.44. The Labute approximate surface area is 119 Å². The quantitative estimate of drug-likeness (QED) is 0.874. The minimum absolute atomic E-state index is 0.645. The number of nitrogens with zero attached hydrogens (tertiary/aromatic N) is 3. The van der Waals surface area contributed by atoms with E-state index < -0.39 is 0 Å². The van der Waals surface area contributed by atoms with E-state index in [-0.39, 0.29) is 0 Å². The van der Waals surface area contributed by atoms with Crippen LogP contribution in [0.2, 0.25) is 0 Å². The summed E-state index contributed by atoms with van der Waals surface area (Å²) in [5.74, 6) is 2.55. The Morgan fingerprint density at radius 1 is 1.35 bits per heavy atom. The van der Waals surface area contributed by atoms with Crippen LogP contribution < -0.4 is 10.2 Å². The standard InChI is InChI=1S/C15H20N4O/c1-19(2)15-12(4-3-7-17-15)9-16-10-13-8-14(18-20-13)11-5-6-11/h3-4,7-8,11,16H,5-6,9-10H2,1-2H3. The van der Waals surface area contributed by atoms with E-state index in [1.807, 2.05) is 31.3 Å². The van der Waals surface area contributed by atoms with Crippen LogP contribution in [0, 0.1) is 0 Å². The zero-order valence-corrected chi connectivity index (χ0v) is 12.0. The summed E-state index contributed by atoms with van der Waals surface area (Å²) in [5.41, 5.74) is 2.29. The van der Waals surface area contributed by atoms with Crippen LogP contribution in [0.4, 0.5) is 5.82 Å². The Morgan fingerprint density at radius 3 is 2.95 bits per heavy atom. The molecule has 20 heavy (non-hydrogen) atoms. The van der Waals surface area contributed by atoms with Crippen LogP contribution >= 0.6 is 0 Å². The lowest BCUT2D eigenvalue weighted by molar-refractivity contribution is 0.367. The second-order valence-corrected chi connectivity index (χ2v) is 5.48. The van der Waals surface area contributed by atoms with E-state index in [9.17, 15) is 0 Å². The first-order chi connectivity index (χ1) is 9.74. The van der Waals surface area contributed by atoms with Gasteiger partial charge in [0.25, 0.3) is 0 Å². The van der Waals surface area contributed by atoms with Crippen molar-refractivity contribution in [1.82, 2.24) is 15.5 Å². The number of rotatable bonds is 6. The summed E-state index contributed by atoms with van der Waals surface area (Å²) in [6.07, 6.45) is 4.32. The number of hydrogen-bond acceptors (Lipinski definition) is 5. The zero-order valence-electron chi connectivity index (χ0n) is 12.0. The molecule has 106 valence electrons. The molecule has 1 aliphatic rings. The fourth-order valence-corrected chi connectivity index (χ4v) is 2.28. The van der Waals surface area contributed by atoms with Crippen LogP contribution in [0.5, 0.6) is 0 Å². The Bertz CT molecular complexity index is 575. The van der Waals surface area contributed by atoms with Crippen LogP contribution in [-0.4, -0.2) is 24.2 Å². The van der Waals surface area contributed by atoms with Crippen molar-refractivity contribution in [1.29, 1.82) is 0 Å². The van der Waals surface area contributed by atoms with Crippen LogP contribution in [0.25, 0.3) is 0 Å². The average Bonchev–Trinajstić information content (AvgIpc) is 3.19. The van der Waals surface area contributed by atoms with Gasteiger partial charge in [-0.3, -0.25) is 0 Å². The Balaban J connectivity index is 1.56. The lowest BCUT2D eigenvalue weighted by atomic mass is 10.2. The molecule has 2 heterocycles. The van der Waals surface area contributed by atoms with E-state index in [0.717, 1.165) is 23.8 Å². The maximum absolute atomic E-state index is 5.34. The molecule has 1 fully saturated rings. The lowest BCUT2D eigenvalue weighted by Gasteiger charge is -2.15. The molecule has 5 heteroatoms. The van der Waals surface area contributed by atoms with Crippen molar-refractivity contribution < 1.29 is 4.52 Å². The molecule has 0 saturated heterocycles. The summed E-state index contributed by atoms with van der Waals surface area (Å²) in [6.45, 7) is 1.46. The molecule has 0 radical (unpaired) electrons. The van der Waals surface area contributed by atoms with Crippen molar-refractivity contribution in [3.05, 3.63) is 41.4 Å². The zero-order chi connectivity index (χ0) is 13.9. The first kappa shape index (κ1) is 13.1. The van der Waals surface area contributed by atoms with Crippen molar-refractivity contribution >= 4 is 5.82 Å². The predicted octanol–water partition coefficient (Wildman–Crippen LogP) is 2.30. The molecule has 0 aliphatic heterocycles. The van der Waals surface area contributed by atoms with Gasteiger partial charge < -0.3 is 14.7 Å². The minimum Gasteiger partial charge on any atom is -0.362 e. The Hall–Kier alpha value is -1.88. The van der Waals surface area contributed by atoms with E-state index in [1.165, 1.54) is 18.4 Å². The molecule has 0 spiro atoms. The van der Waals surface area contributed by atoms with Gasteiger partial charge in [-0.1, -0.05) is 11.2 Å². The number of anilines is 1. The first-order valence-corrected chi connectivity index (χ1v) is 7.01. The molecule has 1 aliphatic carbocycles. The number of aromatic nitrogens is 2. The predicted molar refractivity (Wildman–Crippen MR) is 77.6 cm³/mol. The summed E-state index contributed by atoms with van der Waals surface area (Å²) in [7, 11) is 4.01. The maximum Gasteiger partial charge on any atom is 0.150 e. The van der Waals surface area contributed by atoms with E-state index in [0.29, 0.717) is 12.5 Å². The highest BCUT2D eigenvalue weighted by atomic mass is 16.5. The first-order valence-electron chi connectivity index (χ1n) is 7.01. The summed E-state index contributed by atoms with van der Waals surface area (Å²) < 4.78 is 5.34. The van der Waals surface area contributed by atoms with E-state index in [2.05, 4.69) is 27.6 Å². The molecular weight excluding hydrogens is 252 g/mol. The SMILES string of the molecule is CN(C)c1ncccc1CNCc1cc(C2CC2)no1. The van der Waals surface area contributed by atoms with Gasteiger partial charge in [0.15, 0.2) is 5.76 Å². The smallest absolute Gasteiger partial charge is 0.150 e. The molecule has 2 aromatic heterocycles. The molecule has 0 unspecified atom stereocenters. The molecule has 0 bridgehead atoms. The second kappa shape index (κ2) is 5.63. The maximum atomic E-state index is 5.34. The molecule has 3 rings (SSSR count). The van der Waals surface area contributed by atoms with Crippen molar-refractivity contribution in [2.24, 2.45) is 0 Å². The Kier molecular flexibility index (Phi) is 3.69. The number of pyridine rings is 1. The fourth-order valence-electron chi connectivity index (χ4n) is 2.28. The third kappa shape index (κ3) is 2.99. The second-order valence-electron chi connectivity index (χ2n) is 5.48. The highest BCUT2D eigenvalue weighted by Crippen LogP contribution is 2.39. The summed E-state index contributed by atoms with van der Waals surface area (Å²) in [4.78, 5) is 6.41. The highest BCUT2D eigenvalue weighted by Gasteiger charge is 2.26. The molecular formula is C15H20N4O. The van der Waals surface area contributed by atoms with Crippen LogP contribution in [0.15, 0.2) is 28.9 Å². The third-order valence-electron chi connectivity index (χ3n) is 3.48. The minimum atomic E-state index is 0.645. The molecule has 1 N–H and O–H groups in total. The van der Waals surface area contributed by atoms with Crippen molar-refractivity contribution in [3.8, 4) is 0 Å². The van der Waals surface area contributed by atoms with Gasteiger partial charge in [-0.05, 0) is 18.9 Å². The third-order valence-corrected chi connectivity index (χ3v) is 3.48. The molecule has 0 atom stereocenters. The van der Waals surface area contributed by atoms with Gasteiger partial charge in [-0.25, -0.2) is 4.98 Å². The monoisotopic (exact) mass is 272 g/mol. The van der Waals surface area contributed by atoms with Crippen molar-refractivity contribution in [2.75, 3.05) is 19.0 Å². The van der Waals surface area contributed by atoms with Gasteiger partial charge in [0.05, 0.1) is 12.2 Å². The largest absolute Gasteiger partial charge is 0.362 e. The van der Waals surface area contributed by atoms with Gasteiger partial charge in [-0.2, -0.15) is 0 Å². The summed E-state index contributed by atoms with van der Waals surface area (Å²) >= 11 is 0. The molecule has 1 saturated carbocycles. The van der Waals surface area contributed by atoms with Gasteiger partial charge in [0, 0.05) is 44.4 Å². The normalized spacial score (nSPS) is 14.5. The van der Waals surface area contributed by atoms with Gasteiger partial charge in [0.2, 0.25) is 0 Å². The summed E-state index contributed by atoms with van der Waals surface area (Å²) in [5, 5.41) is 7.50. The molecule has 0 amide bonds. The molecule has 2 aromatic rings. The van der Waals surface area contributed by atoms with Gasteiger partial charge in [0.1, 0.15) is 5.82 Å². The van der Waals surface area contributed by atoms with Crippen molar-refractivity contribution in [2.45, 2.75) is 31.8 Å². The lowest BCUT2D eigenvalue weighted by Crippen LogP contribution is -2.18. The average molecular weight is 272 g/mol. The van der Waals surface area contributed by atoms with Crippen LogP contribution in [0.3, 0.4) is 0 Å². The van der Waals surface area contributed by atoms with Gasteiger partial charge >= 0.3 is 0 Å². The van der Waals surface area contributed by atoms with E-state index in [1.54, 1.807) is 0 Å².